The smallest absolute Gasteiger partial charge is 0.398 e. The lowest BCUT2D eigenvalue weighted by Gasteiger charge is -2.09. The molecule has 0 saturated carbocycles. The fourth-order valence-electron chi connectivity index (χ4n) is 1.25. The molecule has 0 radical (unpaired) electrons. The molecule has 1 heterocycles. The molecule has 0 saturated heterocycles. The van der Waals surface area contributed by atoms with Gasteiger partial charge in [-0.2, -0.15) is 13.2 Å². The van der Waals surface area contributed by atoms with Crippen molar-refractivity contribution in [3.63, 3.8) is 0 Å². The number of nitrogens with zero attached hydrogens (tertiary/aromatic N) is 2. The average molecular weight is 271 g/mol. The number of rotatable bonds is 2. The number of halogens is 3. The van der Waals surface area contributed by atoms with Crippen LogP contribution in [0.4, 0.5) is 18.9 Å². The molecule has 0 atom stereocenters. The Morgan fingerprint density at radius 1 is 1.11 bits per heavy atom. The molecule has 1 aromatic carbocycles. The van der Waals surface area contributed by atoms with Crippen molar-refractivity contribution in [1.82, 2.24) is 9.97 Å². The van der Waals surface area contributed by atoms with Crippen molar-refractivity contribution in [1.29, 1.82) is 0 Å². The monoisotopic (exact) mass is 271 g/mol. The first-order valence-electron chi connectivity index (χ1n) is 4.88. The van der Waals surface area contributed by atoms with Crippen molar-refractivity contribution in [2.75, 3.05) is 5.73 Å². The molecule has 0 unspecified atom stereocenters. The molecule has 2 aromatic rings. The molecule has 0 aliphatic carbocycles. The van der Waals surface area contributed by atoms with Crippen molar-refractivity contribution < 1.29 is 13.2 Å². The largest absolute Gasteiger partial charge is 0.416 e. The lowest BCUT2D eigenvalue weighted by molar-refractivity contribution is -0.137. The highest BCUT2D eigenvalue weighted by Crippen LogP contribution is 2.35. The zero-order valence-electron chi connectivity index (χ0n) is 8.98. The normalized spacial score (nSPS) is 11.5. The van der Waals surface area contributed by atoms with E-state index in [1.165, 1.54) is 6.07 Å². The zero-order valence-corrected chi connectivity index (χ0v) is 9.79. The first kappa shape index (κ1) is 12.7. The molecule has 0 aliphatic heterocycles. The van der Waals surface area contributed by atoms with Gasteiger partial charge in [-0.25, -0.2) is 9.97 Å². The summed E-state index contributed by atoms with van der Waals surface area (Å²) < 4.78 is 37.3. The Kier molecular flexibility index (Phi) is 3.42. The van der Waals surface area contributed by atoms with Crippen LogP contribution in [0.15, 0.2) is 46.7 Å². The molecule has 94 valence electrons. The summed E-state index contributed by atoms with van der Waals surface area (Å²) in [6.45, 7) is 0. The van der Waals surface area contributed by atoms with Crippen LogP contribution in [0.5, 0.6) is 0 Å². The van der Waals surface area contributed by atoms with Gasteiger partial charge >= 0.3 is 6.18 Å². The quantitative estimate of drug-likeness (QED) is 0.673. The summed E-state index contributed by atoms with van der Waals surface area (Å²) in [6.07, 6.45) is -1.29. The molecular weight excluding hydrogens is 263 g/mol. The number of alkyl halides is 3. The molecule has 1 aromatic heterocycles. The summed E-state index contributed by atoms with van der Waals surface area (Å²) in [5, 5.41) is 0.434. The van der Waals surface area contributed by atoms with Crippen LogP contribution in [0.3, 0.4) is 0 Å². The highest BCUT2D eigenvalue weighted by molar-refractivity contribution is 7.99. The van der Waals surface area contributed by atoms with Crippen LogP contribution >= 0.6 is 11.8 Å². The summed E-state index contributed by atoms with van der Waals surface area (Å²) >= 11 is 1.12. The van der Waals surface area contributed by atoms with Crippen molar-refractivity contribution in [2.45, 2.75) is 16.2 Å². The number of benzene rings is 1. The van der Waals surface area contributed by atoms with Gasteiger partial charge in [0, 0.05) is 23.0 Å². The fraction of sp³-hybridized carbons (Fsp3) is 0.0909. The predicted octanol–water partition coefficient (Wildman–Crippen LogP) is 3.23. The highest BCUT2D eigenvalue weighted by Gasteiger charge is 2.30. The van der Waals surface area contributed by atoms with E-state index < -0.39 is 11.7 Å². The minimum atomic E-state index is -4.39. The second kappa shape index (κ2) is 4.85. The lowest BCUT2D eigenvalue weighted by atomic mass is 10.2. The van der Waals surface area contributed by atoms with Gasteiger partial charge in [-0.05, 0) is 36.0 Å². The molecular formula is C11H8F3N3S. The summed E-state index contributed by atoms with van der Waals surface area (Å²) in [6, 6.07) is 4.87. The molecule has 2 rings (SSSR count). The molecule has 0 amide bonds. The third-order valence-electron chi connectivity index (χ3n) is 2.08. The average Bonchev–Trinajstić information content (AvgIpc) is 2.32. The third-order valence-corrected chi connectivity index (χ3v) is 3.07. The molecule has 3 nitrogen and oxygen atoms in total. The third kappa shape index (κ3) is 2.92. The number of hydrogen-bond donors (Lipinski definition) is 1. The molecule has 18 heavy (non-hydrogen) atoms. The van der Waals surface area contributed by atoms with E-state index in [9.17, 15) is 13.2 Å². The van der Waals surface area contributed by atoms with Crippen LogP contribution in [0.2, 0.25) is 0 Å². The van der Waals surface area contributed by atoms with Crippen molar-refractivity contribution >= 4 is 17.4 Å². The number of hydrogen-bond acceptors (Lipinski definition) is 4. The van der Waals surface area contributed by atoms with Crippen molar-refractivity contribution in [3.8, 4) is 0 Å². The van der Waals surface area contributed by atoms with Gasteiger partial charge in [0.15, 0.2) is 5.16 Å². The topological polar surface area (TPSA) is 51.8 Å². The van der Waals surface area contributed by atoms with Gasteiger partial charge in [0.2, 0.25) is 0 Å². The fourth-order valence-corrected chi connectivity index (χ4v) is 1.99. The van der Waals surface area contributed by atoms with Crippen LogP contribution in [0, 0.1) is 0 Å². The standard InChI is InChI=1S/C11H8F3N3S/c12-11(13,14)7-2-3-9(8(15)6-7)18-10-16-4-1-5-17-10/h1-6H,15H2. The van der Waals surface area contributed by atoms with Crippen LogP contribution in [-0.4, -0.2) is 9.97 Å². The Morgan fingerprint density at radius 2 is 1.78 bits per heavy atom. The van der Waals surface area contributed by atoms with E-state index in [0.717, 1.165) is 23.9 Å². The minimum absolute atomic E-state index is 0.0577. The lowest BCUT2D eigenvalue weighted by Crippen LogP contribution is -2.05. The maximum Gasteiger partial charge on any atom is 0.416 e. The second-order valence-electron chi connectivity index (χ2n) is 3.38. The summed E-state index contributed by atoms with van der Waals surface area (Å²) in [7, 11) is 0. The minimum Gasteiger partial charge on any atom is -0.398 e. The molecule has 0 aliphatic rings. The second-order valence-corrected chi connectivity index (χ2v) is 4.39. The molecule has 0 fully saturated rings. The number of anilines is 1. The predicted molar refractivity (Wildman–Crippen MR) is 62.0 cm³/mol. The van der Waals surface area contributed by atoms with Gasteiger partial charge in [-0.1, -0.05) is 0 Å². The number of nitrogen functional groups attached to an aromatic ring is 1. The van der Waals surface area contributed by atoms with Crippen molar-refractivity contribution in [2.24, 2.45) is 0 Å². The van der Waals surface area contributed by atoms with E-state index in [-0.39, 0.29) is 5.69 Å². The van der Waals surface area contributed by atoms with E-state index >= 15 is 0 Å². The van der Waals surface area contributed by atoms with Gasteiger partial charge < -0.3 is 5.73 Å². The van der Waals surface area contributed by atoms with Crippen LogP contribution < -0.4 is 5.73 Å². The van der Waals surface area contributed by atoms with E-state index in [2.05, 4.69) is 9.97 Å². The first-order valence-corrected chi connectivity index (χ1v) is 5.70. The zero-order chi connectivity index (χ0) is 13.2. The Bertz CT molecular complexity index is 543. The number of nitrogens with two attached hydrogens (primary N) is 1. The maximum absolute atomic E-state index is 12.4. The van der Waals surface area contributed by atoms with Crippen LogP contribution in [-0.2, 0) is 6.18 Å². The van der Waals surface area contributed by atoms with Gasteiger partial charge in [0.1, 0.15) is 0 Å². The van der Waals surface area contributed by atoms with Gasteiger partial charge in [-0.15, -0.1) is 0 Å². The number of aromatic nitrogens is 2. The van der Waals surface area contributed by atoms with Crippen LogP contribution in [0.25, 0.3) is 0 Å². The van der Waals surface area contributed by atoms with E-state index in [1.807, 2.05) is 0 Å². The van der Waals surface area contributed by atoms with E-state index in [4.69, 9.17) is 5.73 Å². The van der Waals surface area contributed by atoms with Crippen LogP contribution in [0.1, 0.15) is 5.56 Å². The molecule has 7 heteroatoms. The van der Waals surface area contributed by atoms with Gasteiger partial charge in [-0.3, -0.25) is 0 Å². The summed E-state index contributed by atoms with van der Waals surface area (Å²) in [4.78, 5) is 8.42. The van der Waals surface area contributed by atoms with Crippen molar-refractivity contribution in [3.05, 3.63) is 42.2 Å². The molecule has 0 bridgehead atoms. The maximum atomic E-state index is 12.4. The van der Waals surface area contributed by atoms with Gasteiger partial charge in [0.25, 0.3) is 0 Å². The highest BCUT2D eigenvalue weighted by atomic mass is 32.2. The van der Waals surface area contributed by atoms with Gasteiger partial charge in [0.05, 0.1) is 5.56 Å². The summed E-state index contributed by atoms with van der Waals surface area (Å²) in [5.41, 5.74) is 4.88. The van der Waals surface area contributed by atoms with E-state index in [0.29, 0.717) is 10.1 Å². The Labute approximate surface area is 105 Å². The Morgan fingerprint density at radius 3 is 2.33 bits per heavy atom. The first-order chi connectivity index (χ1) is 8.47. The Balaban J connectivity index is 2.26. The Hall–Kier alpha value is -1.76. The molecule has 0 spiro atoms. The summed E-state index contributed by atoms with van der Waals surface area (Å²) in [5.74, 6) is 0. The SMILES string of the molecule is Nc1cc(C(F)(F)F)ccc1Sc1ncccn1. The van der Waals surface area contributed by atoms with E-state index in [1.54, 1.807) is 18.5 Å². The molecule has 2 N–H and O–H groups in total.